The summed E-state index contributed by atoms with van der Waals surface area (Å²) in [5.74, 6) is 1.90. The van der Waals surface area contributed by atoms with E-state index in [1.807, 2.05) is 133 Å². The zero-order chi connectivity index (χ0) is 38.6. The molecule has 54 heavy (non-hydrogen) atoms. The Morgan fingerprint density at radius 2 is 1.22 bits per heavy atom. The van der Waals surface area contributed by atoms with Gasteiger partial charge in [0.05, 0.1) is 0 Å². The number of aryl methyl sites for hydroxylation is 1. The van der Waals surface area contributed by atoms with Crippen molar-refractivity contribution in [3.8, 4) is 56.7 Å². The predicted octanol–water partition coefficient (Wildman–Crippen LogP) is 8.63. The fourth-order valence-electron chi connectivity index (χ4n) is 5.97. The molecule has 6 nitrogen and oxygen atoms in total. The fraction of sp³-hybridized carbons (Fsp3) is 0.0652. The van der Waals surface area contributed by atoms with Crippen molar-refractivity contribution in [1.82, 2.24) is 24.9 Å². The molecule has 0 fully saturated rings. The standard InChI is InChI=1S/C26H17N4.C20H17N2Se.Ir/c1-4-10-19(11-5-1)23-18-22(16-17-27-23)26-29-24(20-12-6-2-7-13-20)28-25(30-26)21-14-8-3-9-15-21;1-13-10-11-18-19(14(13)2)23-20-15(16-8-4-5-12-21-16)7-6-9-17(20)22(18)3;/h1-10,12-18H;4-6,8-12H,1-3H3;/q2*-1;/i;3D3;. The smallest absolute Gasteiger partial charge is 0.164 e. The average Bonchev–Trinajstić information content (AvgIpc) is 3.25. The molecule has 0 bridgehead atoms. The van der Waals surface area contributed by atoms with E-state index in [4.69, 9.17) is 19.1 Å². The van der Waals surface area contributed by atoms with E-state index in [0.717, 1.165) is 59.5 Å². The van der Waals surface area contributed by atoms with Gasteiger partial charge in [0.2, 0.25) is 0 Å². The first-order valence-corrected chi connectivity index (χ1v) is 18.8. The van der Waals surface area contributed by atoms with E-state index >= 15 is 0 Å². The normalized spacial score (nSPS) is 12.4. The maximum Gasteiger partial charge on any atom is 0.164 e. The molecular formula is C46H34IrN6Se-2. The predicted molar refractivity (Wildman–Crippen MR) is 216 cm³/mol. The molecule has 0 N–H and O–H groups in total. The van der Waals surface area contributed by atoms with Gasteiger partial charge in [-0.2, -0.15) is 0 Å². The van der Waals surface area contributed by atoms with Crippen molar-refractivity contribution in [2.24, 2.45) is 0 Å². The number of benzene rings is 5. The summed E-state index contributed by atoms with van der Waals surface area (Å²) in [5.41, 5.74) is 10.1. The summed E-state index contributed by atoms with van der Waals surface area (Å²) in [6, 6.07) is 51.5. The van der Waals surface area contributed by atoms with Gasteiger partial charge < -0.3 is 4.98 Å². The minimum atomic E-state index is -2.26. The van der Waals surface area contributed by atoms with Crippen LogP contribution in [0.4, 0.5) is 11.4 Å². The third kappa shape index (κ3) is 7.70. The zero-order valence-electron chi connectivity index (χ0n) is 32.4. The number of fused-ring (bicyclic) bond motifs is 2. The Labute approximate surface area is 340 Å². The quantitative estimate of drug-likeness (QED) is 0.127. The van der Waals surface area contributed by atoms with Crippen LogP contribution >= 0.6 is 0 Å². The Balaban J connectivity index is 0.000000173. The van der Waals surface area contributed by atoms with Gasteiger partial charge in [-0.3, -0.25) is 0 Å². The SMILES string of the molecule is [2H]C([2H])([2H])N1c2cc[c-]c(-c3ccccn3)c2[Se]c2c1ccc(C)c2C.[Ir].[c-]1ccccc1-c1cc(-c2nc(-c3ccccc3)nc(-c3ccccc3)n2)ccn1. The van der Waals surface area contributed by atoms with E-state index in [1.54, 1.807) is 18.5 Å². The minimum Gasteiger partial charge on any atom is -0.305 e. The van der Waals surface area contributed by atoms with Gasteiger partial charge in [0, 0.05) is 43.0 Å². The third-order valence-corrected chi connectivity index (χ3v) is 11.7. The molecule has 8 heteroatoms. The van der Waals surface area contributed by atoms with Gasteiger partial charge in [0.25, 0.3) is 0 Å². The van der Waals surface area contributed by atoms with Crippen molar-refractivity contribution in [2.45, 2.75) is 13.8 Å². The van der Waals surface area contributed by atoms with Crippen molar-refractivity contribution >= 4 is 35.3 Å². The number of pyridine rings is 2. The van der Waals surface area contributed by atoms with Crippen LogP contribution in [0.3, 0.4) is 0 Å². The number of hydrogen-bond acceptors (Lipinski definition) is 6. The summed E-state index contributed by atoms with van der Waals surface area (Å²) >= 11 is -0.0207. The van der Waals surface area contributed by atoms with Crippen LogP contribution in [0, 0.1) is 26.0 Å². The molecule has 1 aliphatic heterocycles. The van der Waals surface area contributed by atoms with E-state index in [1.165, 1.54) is 16.0 Å². The number of anilines is 2. The molecule has 0 aliphatic carbocycles. The Kier molecular flexibility index (Phi) is 10.1. The summed E-state index contributed by atoms with van der Waals surface area (Å²) in [4.78, 5) is 24.7. The van der Waals surface area contributed by atoms with Gasteiger partial charge in [-0.05, 0) is 11.8 Å². The van der Waals surface area contributed by atoms with E-state index in [9.17, 15) is 0 Å². The van der Waals surface area contributed by atoms with E-state index in [2.05, 4.69) is 35.9 Å². The second kappa shape index (κ2) is 16.6. The molecule has 1 aliphatic rings. The van der Waals surface area contributed by atoms with E-state index in [-0.39, 0.29) is 35.1 Å². The van der Waals surface area contributed by atoms with Crippen molar-refractivity contribution in [3.63, 3.8) is 0 Å². The van der Waals surface area contributed by atoms with Crippen LogP contribution in [-0.2, 0) is 20.1 Å². The van der Waals surface area contributed by atoms with Gasteiger partial charge in [0.15, 0.2) is 17.5 Å². The first-order valence-electron chi connectivity index (χ1n) is 18.6. The minimum absolute atomic E-state index is 0. The maximum atomic E-state index is 8.13. The van der Waals surface area contributed by atoms with Crippen LogP contribution in [0.2, 0.25) is 0 Å². The summed E-state index contributed by atoms with van der Waals surface area (Å²) in [7, 11) is 0. The molecule has 0 saturated heterocycles. The Morgan fingerprint density at radius 1 is 0.574 bits per heavy atom. The van der Waals surface area contributed by atoms with Crippen LogP contribution in [-0.4, -0.2) is 46.9 Å². The van der Waals surface area contributed by atoms with Crippen LogP contribution in [0.25, 0.3) is 56.7 Å². The van der Waals surface area contributed by atoms with E-state index in [0.29, 0.717) is 17.5 Å². The number of aromatic nitrogens is 5. The Hall–Kier alpha value is -5.62. The number of hydrogen-bond donors (Lipinski definition) is 0. The molecule has 5 aromatic carbocycles. The summed E-state index contributed by atoms with van der Waals surface area (Å²) in [6.45, 7) is 1.88. The molecule has 0 saturated carbocycles. The molecule has 1 radical (unpaired) electrons. The average molecular weight is 945 g/mol. The summed E-state index contributed by atoms with van der Waals surface area (Å²) in [5, 5.41) is 0. The van der Waals surface area contributed by atoms with Crippen LogP contribution in [0.15, 0.2) is 152 Å². The number of rotatable bonds is 5. The first kappa shape index (κ1) is 33.0. The zero-order valence-corrected chi connectivity index (χ0v) is 33.5. The second-order valence-corrected chi connectivity index (χ2v) is 14.5. The Morgan fingerprint density at radius 3 is 1.87 bits per heavy atom. The summed E-state index contributed by atoms with van der Waals surface area (Å²) < 4.78 is 26.5. The Bertz CT molecular complexity index is 2570. The molecule has 4 heterocycles. The van der Waals surface area contributed by atoms with Crippen LogP contribution < -0.4 is 13.8 Å². The topological polar surface area (TPSA) is 67.7 Å². The van der Waals surface area contributed by atoms with Crippen molar-refractivity contribution in [1.29, 1.82) is 0 Å². The van der Waals surface area contributed by atoms with Crippen molar-refractivity contribution in [3.05, 3.63) is 175 Å². The fourth-order valence-corrected chi connectivity index (χ4v) is 8.73. The van der Waals surface area contributed by atoms with E-state index < -0.39 is 6.98 Å². The monoisotopic (exact) mass is 946 g/mol. The third-order valence-electron chi connectivity index (χ3n) is 8.89. The molecule has 8 aromatic rings. The maximum absolute atomic E-state index is 8.13. The summed E-state index contributed by atoms with van der Waals surface area (Å²) in [6.07, 6.45) is 3.53. The van der Waals surface area contributed by atoms with Crippen molar-refractivity contribution < 1.29 is 24.2 Å². The first-order chi connectivity index (χ1) is 27.2. The van der Waals surface area contributed by atoms with Gasteiger partial charge in [-0.15, -0.1) is 35.9 Å². The molecule has 3 aromatic heterocycles. The van der Waals surface area contributed by atoms with Crippen LogP contribution in [0.5, 0.6) is 0 Å². The van der Waals surface area contributed by atoms with Crippen LogP contribution in [0.1, 0.15) is 15.2 Å². The van der Waals surface area contributed by atoms with Gasteiger partial charge in [0.1, 0.15) is 0 Å². The van der Waals surface area contributed by atoms with Gasteiger partial charge in [-0.1, -0.05) is 66.7 Å². The molecule has 0 spiro atoms. The van der Waals surface area contributed by atoms with Crippen molar-refractivity contribution in [2.75, 3.05) is 11.9 Å². The molecule has 9 rings (SSSR count). The molecule has 0 unspecified atom stereocenters. The second-order valence-electron chi connectivity index (χ2n) is 12.3. The number of nitrogens with zero attached hydrogens (tertiary/aromatic N) is 6. The van der Waals surface area contributed by atoms with Gasteiger partial charge in [-0.25, -0.2) is 15.0 Å². The molecule has 0 atom stereocenters. The largest absolute Gasteiger partial charge is 0.305 e. The molecular weight excluding hydrogens is 908 g/mol. The molecule has 265 valence electrons. The van der Waals surface area contributed by atoms with Gasteiger partial charge >= 0.3 is 147 Å². The molecule has 0 amide bonds.